The number of hydrogen-bond donors (Lipinski definition) is 3. The monoisotopic (exact) mass is 700 g/mol. The van der Waals surface area contributed by atoms with E-state index < -0.39 is 33.9 Å². The molecule has 11 nitrogen and oxygen atoms in total. The number of nitrogens with zero attached hydrogens (tertiary/aromatic N) is 5. The molecule has 0 saturated carbocycles. The van der Waals surface area contributed by atoms with Crippen molar-refractivity contribution in [2.75, 3.05) is 24.3 Å². The van der Waals surface area contributed by atoms with Gasteiger partial charge >= 0.3 is 14.2 Å². The van der Waals surface area contributed by atoms with Gasteiger partial charge in [-0.1, -0.05) is 39.0 Å². The predicted octanol–water partition coefficient (Wildman–Crippen LogP) is 7.69. The molecule has 4 aromatic rings. The molecule has 1 amide bonds. The van der Waals surface area contributed by atoms with Crippen LogP contribution in [0.3, 0.4) is 0 Å². The van der Waals surface area contributed by atoms with Gasteiger partial charge in [-0.2, -0.15) is 28.1 Å². The zero-order valence-electron chi connectivity index (χ0n) is 27.5. The van der Waals surface area contributed by atoms with Gasteiger partial charge in [0.05, 0.1) is 30.1 Å². The van der Waals surface area contributed by atoms with Crippen LogP contribution in [-0.4, -0.2) is 57.4 Å². The molecule has 0 spiro atoms. The van der Waals surface area contributed by atoms with Crippen LogP contribution in [0.5, 0.6) is 0 Å². The maximum atomic E-state index is 14.1. The number of alkyl halides is 3. The van der Waals surface area contributed by atoms with Crippen LogP contribution in [0, 0.1) is 0 Å². The Morgan fingerprint density at radius 2 is 1.77 bits per heavy atom. The number of benzene rings is 2. The average Bonchev–Trinajstić information content (AvgIpc) is 3.57. The maximum absolute atomic E-state index is 14.1. The van der Waals surface area contributed by atoms with E-state index in [4.69, 9.17) is 14.4 Å². The van der Waals surface area contributed by atoms with Crippen molar-refractivity contribution in [2.24, 2.45) is 0 Å². The van der Waals surface area contributed by atoms with Gasteiger partial charge in [-0.05, 0) is 52.5 Å². The molecular formula is C32H38F3N7O4PSi+. The van der Waals surface area contributed by atoms with Gasteiger partial charge in [0, 0.05) is 42.8 Å². The zero-order valence-corrected chi connectivity index (χ0v) is 29.4. The van der Waals surface area contributed by atoms with E-state index in [0.29, 0.717) is 47.4 Å². The second-order valence-corrected chi connectivity index (χ2v) is 19.0. The van der Waals surface area contributed by atoms with Crippen LogP contribution in [0.15, 0.2) is 54.9 Å². The van der Waals surface area contributed by atoms with Gasteiger partial charge in [0.25, 0.3) is 5.91 Å². The van der Waals surface area contributed by atoms with Crippen molar-refractivity contribution in [1.29, 1.82) is 0 Å². The van der Waals surface area contributed by atoms with Crippen LogP contribution in [0.1, 0.15) is 47.8 Å². The summed E-state index contributed by atoms with van der Waals surface area (Å²) in [7, 11) is -2.65. The van der Waals surface area contributed by atoms with E-state index in [-0.39, 0.29) is 40.9 Å². The number of hydrogen-bond acceptors (Lipinski definition) is 8. The summed E-state index contributed by atoms with van der Waals surface area (Å²) in [5.41, 5.74) is 2.36. The third kappa shape index (κ3) is 7.75. The lowest BCUT2D eigenvalue weighted by Gasteiger charge is -2.36. The van der Waals surface area contributed by atoms with Crippen molar-refractivity contribution < 1.29 is 31.9 Å². The maximum Gasteiger partial charge on any atom is 0.510 e. The first kappa shape index (κ1) is 35.1. The van der Waals surface area contributed by atoms with E-state index in [1.807, 2.05) is 12.3 Å². The highest BCUT2D eigenvalue weighted by Crippen LogP contribution is 2.40. The number of amides is 1. The molecule has 0 radical (unpaired) electrons. The van der Waals surface area contributed by atoms with Gasteiger partial charge in [0.15, 0.2) is 8.32 Å². The third-order valence-corrected chi connectivity index (χ3v) is 13.8. The first-order valence-corrected chi connectivity index (χ1v) is 19.5. The molecule has 0 saturated heterocycles. The van der Waals surface area contributed by atoms with Crippen LogP contribution in [0.25, 0.3) is 11.3 Å². The number of rotatable bonds is 11. The number of nitrogens with one attached hydrogen (secondary N) is 2. The summed E-state index contributed by atoms with van der Waals surface area (Å²) < 4.78 is 61.5. The summed E-state index contributed by atoms with van der Waals surface area (Å²) in [4.78, 5) is 32.0. The molecule has 1 atom stereocenters. The molecule has 2 aromatic carbocycles. The van der Waals surface area contributed by atoms with Crippen molar-refractivity contribution in [3.05, 3.63) is 77.1 Å². The number of aromatic nitrogens is 4. The van der Waals surface area contributed by atoms with Crippen LogP contribution in [0.4, 0.5) is 36.3 Å². The highest BCUT2D eigenvalue weighted by Gasteiger charge is 2.38. The van der Waals surface area contributed by atoms with E-state index >= 15 is 0 Å². The summed E-state index contributed by atoms with van der Waals surface area (Å²) in [6, 6.07) is 11.6. The topological polar surface area (TPSA) is 134 Å². The van der Waals surface area contributed by atoms with Crippen molar-refractivity contribution in [1.82, 2.24) is 24.6 Å². The minimum atomic E-state index is -4.78. The highest BCUT2D eigenvalue weighted by molar-refractivity contribution is 7.37. The number of fused-ring (bicyclic) bond motifs is 1. The Hall–Kier alpha value is -4.17. The number of carbonyl (C=O) groups is 1. The molecule has 0 aliphatic carbocycles. The number of anilines is 4. The first-order chi connectivity index (χ1) is 22.4. The molecule has 3 N–H and O–H groups in total. The van der Waals surface area contributed by atoms with Crippen molar-refractivity contribution >= 4 is 45.4 Å². The zero-order chi connectivity index (χ0) is 35.0. The fraction of sp³-hybridized carbons (Fsp3) is 0.375. The Balaban J connectivity index is 1.42. The molecule has 1 unspecified atom stereocenters. The first-order valence-electron chi connectivity index (χ1n) is 15.2. The van der Waals surface area contributed by atoms with E-state index in [9.17, 15) is 22.5 Å². The Morgan fingerprint density at radius 1 is 1.06 bits per heavy atom. The summed E-state index contributed by atoms with van der Waals surface area (Å²) in [5.74, 6) is -0.995. The third-order valence-electron chi connectivity index (χ3n) is 8.65. The molecule has 1 aliphatic rings. The number of halogens is 3. The van der Waals surface area contributed by atoms with E-state index in [1.165, 1.54) is 4.90 Å². The fourth-order valence-electron chi connectivity index (χ4n) is 4.99. The lowest BCUT2D eigenvalue weighted by Crippen LogP contribution is -2.41. The highest BCUT2D eigenvalue weighted by atomic mass is 31.1. The van der Waals surface area contributed by atoms with Gasteiger partial charge in [-0.3, -0.25) is 9.48 Å². The van der Waals surface area contributed by atoms with Gasteiger partial charge in [0.1, 0.15) is 11.4 Å². The van der Waals surface area contributed by atoms with Crippen LogP contribution in [-0.2, 0) is 34.4 Å². The van der Waals surface area contributed by atoms with Crippen LogP contribution < -0.4 is 10.6 Å². The Kier molecular flexibility index (Phi) is 9.80. The SMILES string of the molecule is CN1Cc2c(-c3ccn(CCO[Si](C)(C)C(C)(C)C)n3)ccc(Nc3nc(Nc4ccc(C[P+](=O)O)cc4)ncc3C(F)(F)F)c2C1=O. The molecule has 48 heavy (non-hydrogen) atoms. The normalized spacial score (nSPS) is 13.9. The fourth-order valence-corrected chi connectivity index (χ4v) is 6.55. The number of carbonyl (C=O) groups excluding carboxylic acids is 1. The lowest BCUT2D eigenvalue weighted by atomic mass is 9.99. The molecule has 16 heteroatoms. The quantitative estimate of drug-likeness (QED) is 0.106. The molecule has 0 bridgehead atoms. The molecule has 5 rings (SSSR count). The minimum Gasteiger partial charge on any atom is -0.415 e. The summed E-state index contributed by atoms with van der Waals surface area (Å²) >= 11 is 0. The minimum absolute atomic E-state index is 0.0221. The van der Waals surface area contributed by atoms with Crippen LogP contribution in [0.2, 0.25) is 18.1 Å². The summed E-state index contributed by atoms with van der Waals surface area (Å²) in [5, 5.41) is 10.4. The van der Waals surface area contributed by atoms with Gasteiger partial charge in [-0.25, -0.2) is 4.98 Å². The van der Waals surface area contributed by atoms with Gasteiger partial charge in [-0.15, -0.1) is 0 Å². The summed E-state index contributed by atoms with van der Waals surface area (Å²) in [6.07, 6.45) is -2.29. The summed E-state index contributed by atoms with van der Waals surface area (Å²) in [6.45, 7) is 12.2. The average molecular weight is 701 g/mol. The molecule has 3 heterocycles. The van der Waals surface area contributed by atoms with E-state index in [0.717, 1.165) is 0 Å². The molecular weight excluding hydrogens is 662 g/mol. The van der Waals surface area contributed by atoms with Crippen molar-refractivity contribution in [3.8, 4) is 11.3 Å². The second kappa shape index (κ2) is 13.4. The van der Waals surface area contributed by atoms with Crippen molar-refractivity contribution in [3.63, 3.8) is 0 Å². The van der Waals surface area contributed by atoms with Gasteiger partial charge < -0.3 is 20.0 Å². The molecule has 0 fully saturated rings. The smallest absolute Gasteiger partial charge is 0.415 e. The van der Waals surface area contributed by atoms with Crippen LogP contribution >= 0.6 is 8.03 Å². The van der Waals surface area contributed by atoms with Gasteiger partial charge in [0.2, 0.25) is 12.1 Å². The Labute approximate surface area is 278 Å². The Morgan fingerprint density at radius 3 is 2.42 bits per heavy atom. The predicted molar refractivity (Wildman–Crippen MR) is 180 cm³/mol. The molecule has 1 aliphatic heterocycles. The standard InChI is InChI=1S/C32H37F3N7O4PSi/c1-31(2,3)48(5,6)46-16-15-42-14-13-25(40-42)22-11-12-26(27-23(22)18-41(4)29(27)43)38-28-24(32(33,34)35)17-36-30(39-28)37-21-9-7-20(8-10-21)19-47(44)45/h7-14,17H,15-16,18-19H2,1-6H3,(H2-,36,37,38,39,40,43,44,45)/p+1. The Bertz CT molecular complexity index is 1840. The second-order valence-electron chi connectivity index (χ2n) is 13.2. The molecule has 2 aromatic heterocycles. The van der Waals surface area contributed by atoms with Crippen molar-refractivity contribution in [2.45, 2.75) is 64.3 Å². The van der Waals surface area contributed by atoms with E-state index in [1.54, 1.807) is 48.1 Å². The lowest BCUT2D eigenvalue weighted by molar-refractivity contribution is -0.137. The van der Waals surface area contributed by atoms with E-state index in [2.05, 4.69) is 54.5 Å². The largest absolute Gasteiger partial charge is 0.510 e. The molecule has 254 valence electrons.